The van der Waals surface area contributed by atoms with Gasteiger partial charge in [0.25, 0.3) is 11.5 Å². The van der Waals surface area contributed by atoms with E-state index in [4.69, 9.17) is 5.11 Å². The van der Waals surface area contributed by atoms with Crippen molar-refractivity contribution in [1.29, 1.82) is 0 Å². The van der Waals surface area contributed by atoms with E-state index in [9.17, 15) is 9.59 Å². The molecule has 0 saturated carbocycles. The lowest BCUT2D eigenvalue weighted by Gasteiger charge is -2.08. The van der Waals surface area contributed by atoms with E-state index in [0.717, 1.165) is 0 Å². The Balaban J connectivity index is 2.68. The highest BCUT2D eigenvalue weighted by molar-refractivity contribution is 7.20. The summed E-state index contributed by atoms with van der Waals surface area (Å²) in [6.45, 7) is 1.83. The first kappa shape index (κ1) is 13.7. The van der Waals surface area contributed by atoms with Crippen LogP contribution in [0.1, 0.15) is 15.2 Å². The number of carbonyl (C=O) groups is 1. The summed E-state index contributed by atoms with van der Waals surface area (Å²) in [5.74, 6) is -0.131. The number of hydrogen-bond acceptors (Lipinski definition) is 5. The summed E-state index contributed by atoms with van der Waals surface area (Å²) in [6, 6.07) is 0. The average molecular weight is 281 g/mol. The van der Waals surface area contributed by atoms with Crippen molar-refractivity contribution < 1.29 is 9.90 Å². The Morgan fingerprint density at radius 2 is 2.21 bits per heavy atom. The van der Waals surface area contributed by atoms with Crippen LogP contribution in [0.4, 0.5) is 0 Å². The minimum atomic E-state index is -0.217. The van der Waals surface area contributed by atoms with Gasteiger partial charge < -0.3 is 10.0 Å². The zero-order valence-corrected chi connectivity index (χ0v) is 11.8. The van der Waals surface area contributed by atoms with Crippen LogP contribution >= 0.6 is 11.3 Å². The predicted octanol–water partition coefficient (Wildman–Crippen LogP) is 0.461. The molecular formula is C12H15N3O3S. The fourth-order valence-corrected chi connectivity index (χ4v) is 2.99. The van der Waals surface area contributed by atoms with E-state index < -0.39 is 0 Å². The largest absolute Gasteiger partial charge is 0.395 e. The topological polar surface area (TPSA) is 75.4 Å². The number of thiophene rings is 1. The van der Waals surface area contributed by atoms with Gasteiger partial charge in [0.15, 0.2) is 0 Å². The van der Waals surface area contributed by atoms with Crippen molar-refractivity contribution in [3.05, 3.63) is 27.1 Å². The summed E-state index contributed by atoms with van der Waals surface area (Å²) in [5, 5.41) is 9.37. The molecule has 0 saturated heterocycles. The monoisotopic (exact) mass is 281 g/mol. The second-order valence-corrected chi connectivity index (χ2v) is 5.40. The molecule has 1 amide bonds. The van der Waals surface area contributed by atoms with Crippen molar-refractivity contribution in [2.24, 2.45) is 0 Å². The van der Waals surface area contributed by atoms with Crippen LogP contribution in [-0.4, -0.2) is 46.2 Å². The molecule has 0 aliphatic rings. The van der Waals surface area contributed by atoms with E-state index in [1.807, 2.05) is 0 Å². The summed E-state index contributed by atoms with van der Waals surface area (Å²) in [7, 11) is 3.34. The molecule has 7 heteroatoms. The normalized spacial score (nSPS) is 10.9. The van der Waals surface area contributed by atoms with E-state index in [0.29, 0.717) is 20.7 Å². The molecule has 0 aliphatic heterocycles. The summed E-state index contributed by atoms with van der Waals surface area (Å²) < 4.78 is 1.35. The summed E-state index contributed by atoms with van der Waals surface area (Å²) in [4.78, 5) is 31.0. The Morgan fingerprint density at radius 3 is 2.79 bits per heavy atom. The highest BCUT2D eigenvalue weighted by atomic mass is 32.1. The van der Waals surface area contributed by atoms with Crippen LogP contribution < -0.4 is 5.56 Å². The van der Waals surface area contributed by atoms with Crippen LogP contribution in [0.2, 0.25) is 0 Å². The second-order valence-electron chi connectivity index (χ2n) is 4.40. The van der Waals surface area contributed by atoms with Crippen molar-refractivity contribution in [1.82, 2.24) is 14.5 Å². The molecule has 2 heterocycles. The Labute approximate surface area is 113 Å². The molecule has 2 aromatic rings. The summed E-state index contributed by atoms with van der Waals surface area (Å²) in [6.07, 6.45) is 1.40. The van der Waals surface area contributed by atoms with Gasteiger partial charge in [0, 0.05) is 14.1 Å². The van der Waals surface area contributed by atoms with Gasteiger partial charge in [0.05, 0.1) is 29.7 Å². The average Bonchev–Trinajstić information content (AvgIpc) is 2.70. The number of aryl methyl sites for hydroxylation is 1. The van der Waals surface area contributed by atoms with Gasteiger partial charge in [-0.1, -0.05) is 0 Å². The zero-order valence-electron chi connectivity index (χ0n) is 11.0. The number of aromatic nitrogens is 2. The lowest BCUT2D eigenvalue weighted by Crippen LogP contribution is -2.23. The molecule has 19 heavy (non-hydrogen) atoms. The van der Waals surface area contributed by atoms with Crippen molar-refractivity contribution in [3.8, 4) is 0 Å². The molecule has 0 radical (unpaired) electrons. The van der Waals surface area contributed by atoms with Crippen LogP contribution in [0.25, 0.3) is 10.2 Å². The number of aliphatic hydroxyl groups is 1. The summed E-state index contributed by atoms with van der Waals surface area (Å²) in [5.41, 5.74) is 0.439. The number of carbonyl (C=O) groups excluding carboxylic acids is 1. The highest BCUT2D eigenvalue weighted by Gasteiger charge is 2.20. The first-order valence-electron chi connectivity index (χ1n) is 5.78. The van der Waals surface area contributed by atoms with Crippen LogP contribution in [0.5, 0.6) is 0 Å². The molecule has 0 fully saturated rings. The minimum absolute atomic E-state index is 0.125. The molecule has 0 aliphatic carbocycles. The number of rotatable bonds is 3. The number of aliphatic hydroxyl groups excluding tert-OH is 1. The fraction of sp³-hybridized carbons (Fsp3) is 0.417. The lowest BCUT2D eigenvalue weighted by atomic mass is 10.2. The standard InChI is InChI=1S/C12H15N3O3S/c1-7-8-10(19-9(7)12(18)14(2)3)13-6-15(4-5-16)11(8)17/h6,16H,4-5H2,1-3H3. The van der Waals surface area contributed by atoms with Gasteiger partial charge in [-0.25, -0.2) is 4.98 Å². The molecule has 1 N–H and O–H groups in total. The van der Waals surface area contributed by atoms with Crippen LogP contribution in [0.15, 0.2) is 11.1 Å². The van der Waals surface area contributed by atoms with Crippen LogP contribution in [0, 0.1) is 6.92 Å². The molecule has 6 nitrogen and oxygen atoms in total. The molecule has 0 unspecified atom stereocenters. The number of amides is 1. The maximum absolute atomic E-state index is 12.2. The third-order valence-corrected chi connectivity index (χ3v) is 4.05. The third-order valence-electron chi connectivity index (χ3n) is 2.86. The smallest absolute Gasteiger partial charge is 0.263 e. The second kappa shape index (κ2) is 5.10. The van der Waals surface area contributed by atoms with E-state index >= 15 is 0 Å². The van der Waals surface area contributed by atoms with Crippen molar-refractivity contribution in [3.63, 3.8) is 0 Å². The molecule has 0 spiro atoms. The Hall–Kier alpha value is -1.73. The number of hydrogen-bond donors (Lipinski definition) is 1. The van der Waals surface area contributed by atoms with Gasteiger partial charge in [-0.15, -0.1) is 11.3 Å². The first-order chi connectivity index (χ1) is 8.97. The van der Waals surface area contributed by atoms with Gasteiger partial charge in [0.2, 0.25) is 0 Å². The number of nitrogens with zero attached hydrogens (tertiary/aromatic N) is 3. The molecule has 0 aromatic carbocycles. The van der Waals surface area contributed by atoms with E-state index in [1.165, 1.54) is 27.1 Å². The van der Waals surface area contributed by atoms with E-state index in [2.05, 4.69) is 4.98 Å². The Kier molecular flexibility index (Phi) is 3.68. The fourth-order valence-electron chi connectivity index (χ4n) is 1.83. The van der Waals surface area contributed by atoms with Crippen molar-refractivity contribution >= 4 is 27.5 Å². The molecule has 102 valence electrons. The molecule has 0 bridgehead atoms. The predicted molar refractivity (Wildman–Crippen MR) is 73.7 cm³/mol. The van der Waals surface area contributed by atoms with Crippen molar-refractivity contribution in [2.75, 3.05) is 20.7 Å². The van der Waals surface area contributed by atoms with Gasteiger partial charge in [0.1, 0.15) is 4.83 Å². The minimum Gasteiger partial charge on any atom is -0.395 e. The summed E-state index contributed by atoms with van der Waals surface area (Å²) >= 11 is 1.22. The quantitative estimate of drug-likeness (QED) is 0.887. The lowest BCUT2D eigenvalue weighted by molar-refractivity contribution is 0.0831. The third kappa shape index (κ3) is 2.26. The Morgan fingerprint density at radius 1 is 1.53 bits per heavy atom. The van der Waals surface area contributed by atoms with Crippen LogP contribution in [-0.2, 0) is 6.54 Å². The SMILES string of the molecule is Cc1c(C(=O)N(C)C)sc2ncn(CCO)c(=O)c12. The van der Waals surface area contributed by atoms with E-state index in [-0.39, 0.29) is 24.6 Å². The number of fused-ring (bicyclic) bond motifs is 1. The van der Waals surface area contributed by atoms with Gasteiger partial charge >= 0.3 is 0 Å². The maximum Gasteiger partial charge on any atom is 0.263 e. The molecule has 2 rings (SSSR count). The van der Waals surface area contributed by atoms with Crippen LogP contribution in [0.3, 0.4) is 0 Å². The van der Waals surface area contributed by atoms with Gasteiger partial charge in [-0.05, 0) is 12.5 Å². The maximum atomic E-state index is 12.2. The first-order valence-corrected chi connectivity index (χ1v) is 6.60. The molecule has 0 atom stereocenters. The van der Waals surface area contributed by atoms with Gasteiger partial charge in [-0.3, -0.25) is 14.2 Å². The molecule has 2 aromatic heterocycles. The Bertz CT molecular complexity index is 687. The zero-order chi connectivity index (χ0) is 14.2. The molecular weight excluding hydrogens is 266 g/mol. The van der Waals surface area contributed by atoms with Gasteiger partial charge in [-0.2, -0.15) is 0 Å². The highest BCUT2D eigenvalue weighted by Crippen LogP contribution is 2.27. The van der Waals surface area contributed by atoms with E-state index in [1.54, 1.807) is 21.0 Å². The van der Waals surface area contributed by atoms with Crippen molar-refractivity contribution in [2.45, 2.75) is 13.5 Å².